The van der Waals surface area contributed by atoms with E-state index in [1.54, 1.807) is 72.8 Å². The summed E-state index contributed by atoms with van der Waals surface area (Å²) in [5, 5.41) is 23.0. The van der Waals surface area contributed by atoms with Crippen LogP contribution < -0.4 is 61.0 Å². The van der Waals surface area contributed by atoms with E-state index >= 15 is 0 Å². The van der Waals surface area contributed by atoms with Gasteiger partial charge in [0.15, 0.2) is 5.96 Å². The monoisotopic (exact) mass is 1110 g/mol. The van der Waals surface area contributed by atoms with Gasteiger partial charge in [-0.25, -0.2) is 0 Å². The van der Waals surface area contributed by atoms with Crippen LogP contribution in [0.2, 0.25) is 0 Å². The molecule has 25 heteroatoms. The van der Waals surface area contributed by atoms with Gasteiger partial charge in [-0.3, -0.25) is 52.9 Å². The van der Waals surface area contributed by atoms with Gasteiger partial charge < -0.3 is 75.9 Å². The normalized spacial score (nSPS) is 15.6. The fraction of sp³-hybridized carbons (Fsp3) is 0.473. The molecule has 4 rings (SSSR count). The summed E-state index contributed by atoms with van der Waals surface area (Å²) in [5.74, 6) is -8.18. The Morgan fingerprint density at radius 3 is 1.69 bits per heavy atom. The number of guanidine groups is 1. The summed E-state index contributed by atoms with van der Waals surface area (Å²) >= 11 is 0. The Labute approximate surface area is 465 Å². The van der Waals surface area contributed by atoms with Gasteiger partial charge >= 0.3 is 0 Å². The third-order valence-corrected chi connectivity index (χ3v) is 13.4. The van der Waals surface area contributed by atoms with Crippen molar-refractivity contribution in [3.8, 4) is 5.75 Å². The van der Waals surface area contributed by atoms with Crippen molar-refractivity contribution >= 4 is 65.0 Å². The van der Waals surface area contributed by atoms with Crippen LogP contribution in [0, 0.1) is 5.92 Å². The summed E-state index contributed by atoms with van der Waals surface area (Å²) in [7, 11) is 1.39. The molecule has 0 bridgehead atoms. The summed E-state index contributed by atoms with van der Waals surface area (Å²) in [6, 6.07) is 13.3. The molecule has 1 saturated heterocycles. The first kappa shape index (κ1) is 63.9. The Kier molecular flexibility index (Phi) is 25.3. The van der Waals surface area contributed by atoms with Crippen molar-refractivity contribution in [2.75, 3.05) is 20.1 Å². The number of benzene rings is 3. The minimum Gasteiger partial charge on any atom is -0.508 e. The van der Waals surface area contributed by atoms with Crippen molar-refractivity contribution in [1.82, 2.24) is 36.4 Å². The van der Waals surface area contributed by atoms with Gasteiger partial charge in [0.25, 0.3) is 0 Å². The quantitative estimate of drug-likeness (QED) is 0.0185. The summed E-state index contributed by atoms with van der Waals surface area (Å²) < 4.78 is 0. The lowest BCUT2D eigenvalue weighted by Crippen LogP contribution is -2.60. The van der Waals surface area contributed by atoms with E-state index < -0.39 is 114 Å². The van der Waals surface area contributed by atoms with Crippen LogP contribution in [-0.4, -0.2) is 148 Å². The number of hydrogen-bond donors (Lipinski definition) is 12. The molecule has 1 fully saturated rings. The third kappa shape index (κ3) is 21.0. The van der Waals surface area contributed by atoms with Crippen molar-refractivity contribution in [1.29, 1.82) is 0 Å². The van der Waals surface area contributed by atoms with E-state index in [1.165, 1.54) is 29.0 Å². The van der Waals surface area contributed by atoms with Gasteiger partial charge in [0.05, 0.1) is 6.04 Å². The number of likely N-dealkylation sites (tertiary alicyclic amines) is 1. The van der Waals surface area contributed by atoms with Gasteiger partial charge in [0.1, 0.15) is 48.0 Å². The molecule has 434 valence electrons. The van der Waals surface area contributed by atoms with Crippen LogP contribution >= 0.6 is 0 Å². The molecule has 8 atom stereocenters. The molecule has 0 aliphatic carbocycles. The smallest absolute Gasteiger partial charge is 0.245 e. The van der Waals surface area contributed by atoms with E-state index in [1.807, 2.05) is 13.8 Å². The Morgan fingerprint density at radius 2 is 1.14 bits per heavy atom. The molecular weight excluding hydrogens is 1030 g/mol. The lowest BCUT2D eigenvalue weighted by molar-refractivity contribution is -0.145. The predicted octanol–water partition coefficient (Wildman–Crippen LogP) is -1.89. The molecule has 0 unspecified atom stereocenters. The number of phenols is 1. The molecule has 1 aliphatic heterocycles. The SMILES string of the molecule is CC(C)C[C@@H](NC(=O)[C@H](N)Cc1ccc(O)cc1)C(=O)N(C)[C@@H](Cc1ccccc1)C(=O)N[C@@H](CCC(N)=O)C(=O)N1CCC[C@H]1C(=O)N[C@@H](CCC(N)=O)C(=O)N[C@@H](CCCN=C(N)N)C(=O)N[C@@H](Cc1ccccc1)C(N)=O. The fourth-order valence-corrected chi connectivity index (χ4v) is 9.12. The van der Waals surface area contributed by atoms with Crippen LogP contribution in [0.25, 0.3) is 0 Å². The van der Waals surface area contributed by atoms with E-state index in [0.29, 0.717) is 16.7 Å². The molecule has 0 aromatic heterocycles. The Hall–Kier alpha value is -8.61. The number of likely N-dealkylation sites (N-methyl/N-ethyl adjacent to an activating group) is 1. The first-order valence-corrected chi connectivity index (χ1v) is 26.6. The number of aliphatic imine (C=N–C) groups is 1. The van der Waals surface area contributed by atoms with Crippen molar-refractivity contribution in [3.63, 3.8) is 0 Å². The van der Waals surface area contributed by atoms with E-state index in [4.69, 9.17) is 34.4 Å². The van der Waals surface area contributed by atoms with Crippen molar-refractivity contribution in [3.05, 3.63) is 102 Å². The molecule has 10 amide bonds. The summed E-state index contributed by atoms with van der Waals surface area (Å²) in [5.41, 5.74) is 36.0. The molecule has 18 N–H and O–H groups in total. The lowest BCUT2D eigenvalue weighted by atomic mass is 9.98. The maximum absolute atomic E-state index is 14.7. The van der Waals surface area contributed by atoms with Crippen molar-refractivity contribution < 1.29 is 53.1 Å². The average Bonchev–Trinajstić information content (AvgIpc) is 3.93. The zero-order chi connectivity index (χ0) is 59.1. The van der Waals surface area contributed by atoms with E-state index in [-0.39, 0.29) is 101 Å². The number of hydrogen-bond acceptors (Lipinski definition) is 13. The number of nitrogens with two attached hydrogens (primary N) is 6. The Bertz CT molecular complexity index is 2640. The van der Waals surface area contributed by atoms with E-state index in [2.05, 4.69) is 31.6 Å². The average molecular weight is 1110 g/mol. The first-order chi connectivity index (χ1) is 37.9. The number of nitrogens with zero attached hydrogens (tertiary/aromatic N) is 3. The second kappa shape index (κ2) is 31.7. The highest BCUT2D eigenvalue weighted by Gasteiger charge is 2.41. The number of aromatic hydroxyl groups is 1. The van der Waals surface area contributed by atoms with Crippen molar-refractivity contribution in [2.45, 2.75) is 139 Å². The minimum atomic E-state index is -1.51. The molecule has 0 saturated carbocycles. The van der Waals surface area contributed by atoms with Crippen LogP contribution in [0.5, 0.6) is 5.75 Å². The van der Waals surface area contributed by atoms with Gasteiger partial charge in [-0.1, -0.05) is 86.6 Å². The number of phenolic OH excluding ortho intramolecular Hbond substituents is 1. The zero-order valence-corrected chi connectivity index (χ0v) is 45.5. The van der Waals surface area contributed by atoms with Crippen LogP contribution in [0.3, 0.4) is 0 Å². The Morgan fingerprint density at radius 1 is 0.625 bits per heavy atom. The topological polar surface area (TPSA) is 426 Å². The van der Waals surface area contributed by atoms with Gasteiger partial charge in [-0.2, -0.15) is 0 Å². The van der Waals surface area contributed by atoms with Crippen LogP contribution in [0.15, 0.2) is 89.9 Å². The molecular formula is C55H78N14O11. The molecule has 3 aromatic carbocycles. The molecule has 3 aromatic rings. The summed E-state index contributed by atoms with van der Waals surface area (Å²) in [4.78, 5) is 143. The van der Waals surface area contributed by atoms with Crippen LogP contribution in [0.1, 0.15) is 88.3 Å². The highest BCUT2D eigenvalue weighted by Crippen LogP contribution is 2.22. The number of amides is 10. The molecule has 1 aliphatic rings. The lowest BCUT2D eigenvalue weighted by Gasteiger charge is -2.34. The van der Waals surface area contributed by atoms with Gasteiger partial charge in [-0.05, 0) is 86.1 Å². The van der Waals surface area contributed by atoms with Crippen LogP contribution in [0.4, 0.5) is 0 Å². The van der Waals surface area contributed by atoms with Crippen LogP contribution in [-0.2, 0) is 67.2 Å². The van der Waals surface area contributed by atoms with Gasteiger partial charge in [0.2, 0.25) is 59.1 Å². The molecule has 25 nitrogen and oxygen atoms in total. The standard InChI is InChI=1S/C55H78N14O11/c1-32(2)28-42(67-48(74)37(56)29-35-18-20-36(70)21-19-35)53(79)68(3)44(31-34-14-8-5-9-15-34)52(78)65-40(23-25-46(58)72)54(80)69-27-11-17-43(69)51(77)64-39(22-24-45(57)71)50(76)63-38(16-10-26-62-55(60)61)49(75)66-41(47(59)73)30-33-12-6-4-7-13-33/h4-9,12-15,18-21,32,37-44,70H,10-11,16-17,22-31,56H2,1-3H3,(H2,57,71)(H2,58,72)(H2,59,73)(H,63,76)(H,64,77)(H,65,78)(H,66,75)(H,67,74)(H4,60,61,62)/t37-,38+,39+,40+,41+,42-,43+,44+/m1/s1. The number of primary amides is 3. The predicted molar refractivity (Wildman–Crippen MR) is 296 cm³/mol. The zero-order valence-electron chi connectivity index (χ0n) is 45.5. The maximum Gasteiger partial charge on any atom is 0.245 e. The second-order valence-electron chi connectivity index (χ2n) is 20.3. The number of carbonyl (C=O) groups is 10. The number of carbonyl (C=O) groups excluding carboxylic acids is 10. The van der Waals surface area contributed by atoms with E-state index in [9.17, 15) is 53.1 Å². The summed E-state index contributed by atoms with van der Waals surface area (Å²) in [6.07, 6.45) is -0.731. The first-order valence-electron chi connectivity index (χ1n) is 26.6. The van der Waals surface area contributed by atoms with Gasteiger partial charge in [0, 0.05) is 45.8 Å². The third-order valence-electron chi connectivity index (χ3n) is 13.4. The summed E-state index contributed by atoms with van der Waals surface area (Å²) in [6.45, 7) is 3.75. The molecule has 1 heterocycles. The number of rotatable bonds is 32. The Balaban J connectivity index is 1.59. The van der Waals surface area contributed by atoms with Crippen molar-refractivity contribution in [2.24, 2.45) is 45.3 Å². The fourth-order valence-electron chi connectivity index (χ4n) is 9.12. The largest absolute Gasteiger partial charge is 0.508 e. The maximum atomic E-state index is 14.7. The van der Waals surface area contributed by atoms with Gasteiger partial charge in [-0.15, -0.1) is 0 Å². The molecule has 80 heavy (non-hydrogen) atoms. The number of nitrogens with one attached hydrogen (secondary N) is 5. The highest BCUT2D eigenvalue weighted by atomic mass is 16.3. The van der Waals surface area contributed by atoms with E-state index in [0.717, 1.165) is 0 Å². The second-order valence-corrected chi connectivity index (χ2v) is 20.3. The molecule has 0 radical (unpaired) electrons. The highest BCUT2D eigenvalue weighted by molar-refractivity contribution is 5.98. The minimum absolute atomic E-state index is 0.00262. The molecule has 0 spiro atoms.